The molecule has 18 heavy (non-hydrogen) atoms. The highest BCUT2D eigenvalue weighted by atomic mass is 19.4. The first-order chi connectivity index (χ1) is 8.31. The van der Waals surface area contributed by atoms with Crippen LogP contribution in [0, 0.1) is 5.92 Å². The molecule has 4 heteroatoms. The van der Waals surface area contributed by atoms with Gasteiger partial charge < -0.3 is 5.11 Å². The van der Waals surface area contributed by atoms with Gasteiger partial charge in [0.2, 0.25) is 0 Å². The van der Waals surface area contributed by atoms with E-state index in [9.17, 15) is 18.3 Å². The lowest BCUT2D eigenvalue weighted by Crippen LogP contribution is -2.31. The average Bonchev–Trinajstić information content (AvgIpc) is 2.28. The SMILES string of the molecule is CC1CCCC(O)(c2ccc(C(F)(F)F)cc2)C1. The van der Waals surface area contributed by atoms with E-state index in [1.165, 1.54) is 12.1 Å². The van der Waals surface area contributed by atoms with Gasteiger partial charge in [0.25, 0.3) is 0 Å². The molecule has 1 nitrogen and oxygen atoms in total. The fraction of sp³-hybridized carbons (Fsp3) is 0.571. The molecule has 2 unspecified atom stereocenters. The fourth-order valence-corrected chi connectivity index (χ4v) is 2.76. The van der Waals surface area contributed by atoms with E-state index in [-0.39, 0.29) is 0 Å². The zero-order valence-electron chi connectivity index (χ0n) is 10.3. The molecule has 0 spiro atoms. The predicted octanol–water partition coefficient (Wildman–Crippen LogP) is 4.10. The van der Waals surface area contributed by atoms with E-state index in [1.807, 2.05) is 0 Å². The van der Waals surface area contributed by atoms with E-state index in [0.717, 1.165) is 25.0 Å². The first kappa shape index (κ1) is 13.4. The Morgan fingerprint density at radius 1 is 1.22 bits per heavy atom. The van der Waals surface area contributed by atoms with Gasteiger partial charge in [0.1, 0.15) is 0 Å². The van der Waals surface area contributed by atoms with Crippen LogP contribution in [0.15, 0.2) is 24.3 Å². The van der Waals surface area contributed by atoms with Crippen LogP contribution in [0.3, 0.4) is 0 Å². The van der Waals surface area contributed by atoms with Gasteiger partial charge >= 0.3 is 6.18 Å². The molecule has 1 aliphatic rings. The zero-order chi connectivity index (χ0) is 13.4. The van der Waals surface area contributed by atoms with Crippen LogP contribution < -0.4 is 0 Å². The molecule has 1 aromatic rings. The van der Waals surface area contributed by atoms with E-state index < -0.39 is 17.3 Å². The summed E-state index contributed by atoms with van der Waals surface area (Å²) in [7, 11) is 0. The largest absolute Gasteiger partial charge is 0.416 e. The number of hydrogen-bond donors (Lipinski definition) is 1. The summed E-state index contributed by atoms with van der Waals surface area (Å²) in [5, 5.41) is 10.5. The average molecular weight is 258 g/mol. The standard InChI is InChI=1S/C14H17F3O/c1-10-3-2-8-13(18,9-10)11-4-6-12(7-5-11)14(15,16)17/h4-7,10,18H,2-3,8-9H2,1H3. The van der Waals surface area contributed by atoms with Gasteiger partial charge in [0.05, 0.1) is 11.2 Å². The van der Waals surface area contributed by atoms with Crippen LogP contribution in [0.1, 0.15) is 43.7 Å². The van der Waals surface area contributed by atoms with Crippen LogP contribution in [-0.2, 0) is 11.8 Å². The Morgan fingerprint density at radius 3 is 2.33 bits per heavy atom. The minimum absolute atomic E-state index is 0.408. The van der Waals surface area contributed by atoms with Crippen molar-refractivity contribution in [2.24, 2.45) is 5.92 Å². The Labute approximate surface area is 105 Å². The second-order valence-corrected chi connectivity index (χ2v) is 5.31. The summed E-state index contributed by atoms with van der Waals surface area (Å²) in [5.41, 5.74) is -1.03. The Morgan fingerprint density at radius 2 is 1.83 bits per heavy atom. The Bertz CT molecular complexity index is 410. The number of aliphatic hydroxyl groups is 1. The van der Waals surface area contributed by atoms with Crippen molar-refractivity contribution in [1.29, 1.82) is 0 Å². The molecule has 1 aromatic carbocycles. The molecule has 0 aliphatic heterocycles. The Kier molecular flexibility index (Phi) is 3.41. The summed E-state index contributed by atoms with van der Waals surface area (Å²) in [6.45, 7) is 2.06. The van der Waals surface area contributed by atoms with Gasteiger partial charge in [-0.3, -0.25) is 0 Å². The summed E-state index contributed by atoms with van der Waals surface area (Å²) in [6, 6.07) is 4.90. The van der Waals surface area contributed by atoms with Crippen LogP contribution in [0.2, 0.25) is 0 Å². The third-order valence-electron chi connectivity index (χ3n) is 3.72. The van der Waals surface area contributed by atoms with Crippen molar-refractivity contribution in [3.8, 4) is 0 Å². The molecule has 1 N–H and O–H groups in total. The smallest absolute Gasteiger partial charge is 0.385 e. The summed E-state index contributed by atoms with van der Waals surface area (Å²) < 4.78 is 37.4. The maximum Gasteiger partial charge on any atom is 0.416 e. The first-order valence-corrected chi connectivity index (χ1v) is 6.21. The van der Waals surface area contributed by atoms with Crippen LogP contribution in [0.25, 0.3) is 0 Å². The van der Waals surface area contributed by atoms with Crippen molar-refractivity contribution in [2.45, 2.75) is 44.4 Å². The summed E-state index contributed by atoms with van der Waals surface area (Å²) in [6.07, 6.45) is -1.08. The first-order valence-electron chi connectivity index (χ1n) is 6.21. The highest BCUT2D eigenvalue weighted by molar-refractivity contribution is 5.29. The maximum atomic E-state index is 12.5. The molecule has 0 saturated heterocycles. The van der Waals surface area contributed by atoms with Crippen LogP contribution >= 0.6 is 0 Å². The molecule has 0 bridgehead atoms. The lowest BCUT2D eigenvalue weighted by Gasteiger charge is -2.36. The third-order valence-corrected chi connectivity index (χ3v) is 3.72. The van der Waals surface area contributed by atoms with E-state index in [1.54, 1.807) is 0 Å². The van der Waals surface area contributed by atoms with Crippen molar-refractivity contribution in [2.75, 3.05) is 0 Å². The summed E-state index contributed by atoms with van der Waals surface area (Å²) >= 11 is 0. The molecular weight excluding hydrogens is 241 g/mol. The second-order valence-electron chi connectivity index (χ2n) is 5.31. The quantitative estimate of drug-likeness (QED) is 0.804. The molecule has 1 aliphatic carbocycles. The third kappa shape index (κ3) is 2.69. The highest BCUT2D eigenvalue weighted by Gasteiger charge is 2.35. The molecule has 0 radical (unpaired) electrons. The maximum absolute atomic E-state index is 12.5. The molecule has 1 saturated carbocycles. The molecular formula is C14H17F3O. The normalized spacial score (nSPS) is 29.3. The van der Waals surface area contributed by atoms with E-state index >= 15 is 0 Å². The Hall–Kier alpha value is -1.03. The second kappa shape index (κ2) is 4.57. The topological polar surface area (TPSA) is 20.2 Å². The molecule has 1 fully saturated rings. The van der Waals surface area contributed by atoms with Gasteiger partial charge in [0, 0.05) is 0 Å². The number of halogens is 3. The lowest BCUT2D eigenvalue weighted by molar-refractivity contribution is -0.137. The van der Waals surface area contributed by atoms with Crippen molar-refractivity contribution in [1.82, 2.24) is 0 Å². The minimum atomic E-state index is -4.32. The lowest BCUT2D eigenvalue weighted by atomic mass is 9.75. The highest BCUT2D eigenvalue weighted by Crippen LogP contribution is 2.40. The molecule has 2 atom stereocenters. The van der Waals surface area contributed by atoms with Crippen molar-refractivity contribution in [3.63, 3.8) is 0 Å². The van der Waals surface area contributed by atoms with Crippen LogP contribution in [-0.4, -0.2) is 5.11 Å². The fourth-order valence-electron chi connectivity index (χ4n) is 2.76. The van der Waals surface area contributed by atoms with Crippen molar-refractivity contribution >= 4 is 0 Å². The molecule has 2 rings (SSSR count). The van der Waals surface area contributed by atoms with Gasteiger partial charge in [-0.1, -0.05) is 25.5 Å². The van der Waals surface area contributed by atoms with E-state index in [4.69, 9.17) is 0 Å². The monoisotopic (exact) mass is 258 g/mol. The van der Waals surface area contributed by atoms with Gasteiger partial charge in [-0.25, -0.2) is 0 Å². The predicted molar refractivity (Wildman–Crippen MR) is 63.0 cm³/mol. The van der Waals surface area contributed by atoms with Gasteiger partial charge in [-0.15, -0.1) is 0 Å². The number of rotatable bonds is 1. The molecule has 0 aromatic heterocycles. The number of benzene rings is 1. The van der Waals surface area contributed by atoms with Crippen LogP contribution in [0.4, 0.5) is 13.2 Å². The van der Waals surface area contributed by atoms with E-state index in [2.05, 4.69) is 6.92 Å². The molecule has 0 amide bonds. The van der Waals surface area contributed by atoms with Crippen LogP contribution in [0.5, 0.6) is 0 Å². The molecule has 0 heterocycles. The summed E-state index contributed by atoms with van der Waals surface area (Å²) in [5.74, 6) is 0.408. The van der Waals surface area contributed by atoms with Gasteiger partial charge in [-0.2, -0.15) is 13.2 Å². The van der Waals surface area contributed by atoms with E-state index in [0.29, 0.717) is 24.3 Å². The minimum Gasteiger partial charge on any atom is -0.385 e. The van der Waals surface area contributed by atoms with Crippen molar-refractivity contribution < 1.29 is 18.3 Å². The van der Waals surface area contributed by atoms with Gasteiger partial charge in [0.15, 0.2) is 0 Å². The van der Waals surface area contributed by atoms with Crippen molar-refractivity contribution in [3.05, 3.63) is 35.4 Å². The van der Waals surface area contributed by atoms with Gasteiger partial charge in [-0.05, 0) is 42.9 Å². The number of hydrogen-bond acceptors (Lipinski definition) is 1. The Balaban J connectivity index is 2.23. The molecule has 100 valence electrons. The number of alkyl halides is 3. The zero-order valence-corrected chi connectivity index (χ0v) is 10.3. The summed E-state index contributed by atoms with van der Waals surface area (Å²) in [4.78, 5) is 0.